The summed E-state index contributed by atoms with van der Waals surface area (Å²) in [4.78, 5) is 0. The monoisotopic (exact) mass is 186 g/mol. The van der Waals surface area contributed by atoms with Crippen LogP contribution in [0, 0.1) is 17.8 Å². The van der Waals surface area contributed by atoms with Gasteiger partial charge < -0.3 is 0 Å². The van der Waals surface area contributed by atoms with Crippen molar-refractivity contribution in [2.45, 2.75) is 32.6 Å². The second-order valence-electron chi connectivity index (χ2n) is 5.33. The molecule has 3 rings (SSSR count). The molecule has 0 aromatic heterocycles. The Bertz CT molecular complexity index is 351. The Labute approximate surface area is 86.3 Å². The van der Waals surface area contributed by atoms with Crippen molar-refractivity contribution in [3.05, 3.63) is 35.4 Å². The zero-order chi connectivity index (χ0) is 9.71. The second kappa shape index (κ2) is 2.85. The molecule has 0 heterocycles. The van der Waals surface area contributed by atoms with Gasteiger partial charge in [-0.05, 0) is 47.6 Å². The number of hydrogen-bond acceptors (Lipinski definition) is 0. The van der Waals surface area contributed by atoms with Crippen molar-refractivity contribution >= 4 is 0 Å². The van der Waals surface area contributed by atoms with E-state index < -0.39 is 0 Å². The highest BCUT2D eigenvalue weighted by Gasteiger charge is 2.47. The van der Waals surface area contributed by atoms with Gasteiger partial charge in [-0.1, -0.05) is 38.1 Å². The molecule has 3 unspecified atom stereocenters. The Morgan fingerprint density at radius 2 is 2.00 bits per heavy atom. The van der Waals surface area contributed by atoms with Crippen molar-refractivity contribution in [2.24, 2.45) is 17.8 Å². The van der Waals surface area contributed by atoms with Crippen molar-refractivity contribution in [1.29, 1.82) is 0 Å². The largest absolute Gasteiger partial charge is 0.0625 e. The lowest BCUT2D eigenvalue weighted by Crippen LogP contribution is -2.35. The number of hydrogen-bond donors (Lipinski definition) is 0. The van der Waals surface area contributed by atoms with E-state index in [9.17, 15) is 0 Å². The lowest BCUT2D eigenvalue weighted by molar-refractivity contribution is 0.111. The average molecular weight is 186 g/mol. The van der Waals surface area contributed by atoms with Crippen LogP contribution in [0.25, 0.3) is 0 Å². The normalized spacial score (nSPS) is 33.8. The lowest BCUT2D eigenvalue weighted by Gasteiger charge is -2.43. The summed E-state index contributed by atoms with van der Waals surface area (Å²) in [5, 5.41) is 0. The van der Waals surface area contributed by atoms with Gasteiger partial charge in [0.05, 0.1) is 0 Å². The summed E-state index contributed by atoms with van der Waals surface area (Å²) in [6, 6.07) is 9.07. The van der Waals surface area contributed by atoms with Gasteiger partial charge in [-0.2, -0.15) is 0 Å². The number of benzene rings is 1. The molecule has 1 aromatic carbocycles. The maximum Gasteiger partial charge on any atom is -0.00967 e. The Kier molecular flexibility index (Phi) is 1.74. The van der Waals surface area contributed by atoms with Crippen LogP contribution in [0.5, 0.6) is 0 Å². The van der Waals surface area contributed by atoms with E-state index in [1.165, 1.54) is 12.8 Å². The molecule has 3 atom stereocenters. The zero-order valence-corrected chi connectivity index (χ0v) is 9.03. The standard InChI is InChI=1S/C14H18/c1-9(2)13-8-11-7-10-5-3-4-6-12(10)14(11)13/h3-6,9,11,13-14H,7-8H2,1-2H3. The quantitative estimate of drug-likeness (QED) is 0.628. The van der Waals surface area contributed by atoms with Crippen molar-refractivity contribution in [3.8, 4) is 0 Å². The summed E-state index contributed by atoms with van der Waals surface area (Å²) in [6.45, 7) is 4.75. The molecule has 0 amide bonds. The minimum Gasteiger partial charge on any atom is -0.0625 e. The molecule has 2 aliphatic carbocycles. The minimum atomic E-state index is 0.863. The topological polar surface area (TPSA) is 0 Å². The Morgan fingerprint density at radius 1 is 1.21 bits per heavy atom. The van der Waals surface area contributed by atoms with Gasteiger partial charge in [-0.15, -0.1) is 0 Å². The van der Waals surface area contributed by atoms with E-state index in [-0.39, 0.29) is 0 Å². The molecule has 0 N–H and O–H groups in total. The molecule has 0 bridgehead atoms. The van der Waals surface area contributed by atoms with Crippen LogP contribution in [0.2, 0.25) is 0 Å². The van der Waals surface area contributed by atoms with Gasteiger partial charge in [-0.3, -0.25) is 0 Å². The molecule has 0 spiro atoms. The third kappa shape index (κ3) is 1.00. The van der Waals surface area contributed by atoms with Gasteiger partial charge in [-0.25, -0.2) is 0 Å². The number of fused-ring (bicyclic) bond motifs is 3. The third-order valence-electron chi connectivity index (χ3n) is 4.30. The molecule has 2 aliphatic rings. The smallest absolute Gasteiger partial charge is 0.00967 e. The molecule has 0 aliphatic heterocycles. The first kappa shape index (κ1) is 8.52. The average Bonchev–Trinajstić information content (AvgIpc) is 2.38. The molecular weight excluding hydrogens is 168 g/mol. The molecule has 0 nitrogen and oxygen atoms in total. The molecule has 0 radical (unpaired) electrons. The highest BCUT2D eigenvalue weighted by Crippen LogP contribution is 2.57. The Morgan fingerprint density at radius 3 is 2.79 bits per heavy atom. The van der Waals surface area contributed by atoms with Crippen molar-refractivity contribution in [3.63, 3.8) is 0 Å². The molecular formula is C14H18. The minimum absolute atomic E-state index is 0.863. The van der Waals surface area contributed by atoms with Gasteiger partial charge in [0.1, 0.15) is 0 Å². The number of rotatable bonds is 1. The first-order chi connectivity index (χ1) is 6.77. The Balaban J connectivity index is 1.96. The van der Waals surface area contributed by atoms with E-state index in [4.69, 9.17) is 0 Å². The molecule has 1 aromatic rings. The SMILES string of the molecule is CC(C)C1CC2Cc3ccccc3C21. The van der Waals surface area contributed by atoms with Gasteiger partial charge in [0.15, 0.2) is 0 Å². The molecule has 1 saturated carbocycles. The van der Waals surface area contributed by atoms with Crippen molar-refractivity contribution in [1.82, 2.24) is 0 Å². The zero-order valence-electron chi connectivity index (χ0n) is 9.03. The Hall–Kier alpha value is -0.780. The lowest BCUT2D eigenvalue weighted by atomic mass is 9.61. The predicted molar refractivity (Wildman–Crippen MR) is 59.3 cm³/mol. The highest BCUT2D eigenvalue weighted by molar-refractivity contribution is 5.39. The summed E-state index contributed by atoms with van der Waals surface area (Å²) in [5.74, 6) is 3.72. The van der Waals surface area contributed by atoms with Crippen LogP contribution >= 0.6 is 0 Å². The van der Waals surface area contributed by atoms with Crippen molar-refractivity contribution in [2.75, 3.05) is 0 Å². The second-order valence-corrected chi connectivity index (χ2v) is 5.33. The van der Waals surface area contributed by atoms with E-state index in [1.54, 1.807) is 11.1 Å². The van der Waals surface area contributed by atoms with E-state index >= 15 is 0 Å². The first-order valence-electron chi connectivity index (χ1n) is 5.85. The maximum atomic E-state index is 2.38. The molecule has 14 heavy (non-hydrogen) atoms. The van der Waals surface area contributed by atoms with Crippen LogP contribution in [0.4, 0.5) is 0 Å². The van der Waals surface area contributed by atoms with Gasteiger partial charge in [0.25, 0.3) is 0 Å². The van der Waals surface area contributed by atoms with E-state index in [2.05, 4.69) is 38.1 Å². The van der Waals surface area contributed by atoms with E-state index in [0.29, 0.717) is 0 Å². The highest BCUT2D eigenvalue weighted by atomic mass is 14.5. The molecule has 1 fully saturated rings. The van der Waals surface area contributed by atoms with Crippen molar-refractivity contribution < 1.29 is 0 Å². The van der Waals surface area contributed by atoms with Crippen LogP contribution in [0.3, 0.4) is 0 Å². The first-order valence-corrected chi connectivity index (χ1v) is 5.85. The fraction of sp³-hybridized carbons (Fsp3) is 0.571. The third-order valence-corrected chi connectivity index (χ3v) is 4.30. The van der Waals surface area contributed by atoms with Crippen LogP contribution in [0.15, 0.2) is 24.3 Å². The fourth-order valence-corrected chi connectivity index (χ4v) is 3.51. The summed E-state index contributed by atoms with van der Waals surface area (Å²) >= 11 is 0. The van der Waals surface area contributed by atoms with Crippen LogP contribution in [-0.4, -0.2) is 0 Å². The summed E-state index contributed by atoms with van der Waals surface area (Å²) in [6.07, 6.45) is 2.82. The van der Waals surface area contributed by atoms with Gasteiger partial charge in [0, 0.05) is 0 Å². The summed E-state index contributed by atoms with van der Waals surface area (Å²) < 4.78 is 0. The molecule has 0 saturated heterocycles. The van der Waals surface area contributed by atoms with Gasteiger partial charge in [0.2, 0.25) is 0 Å². The summed E-state index contributed by atoms with van der Waals surface area (Å²) in [7, 11) is 0. The van der Waals surface area contributed by atoms with E-state index in [0.717, 1.165) is 23.7 Å². The predicted octanol–water partition coefficient (Wildman–Crippen LogP) is 3.62. The fourth-order valence-electron chi connectivity index (χ4n) is 3.51. The van der Waals surface area contributed by atoms with Gasteiger partial charge >= 0.3 is 0 Å². The maximum absolute atomic E-state index is 2.38. The summed E-state index contributed by atoms with van der Waals surface area (Å²) in [5.41, 5.74) is 3.30. The van der Waals surface area contributed by atoms with E-state index in [1.807, 2.05) is 0 Å². The van der Waals surface area contributed by atoms with Crippen LogP contribution in [0.1, 0.15) is 37.3 Å². The van der Waals surface area contributed by atoms with Crippen LogP contribution in [-0.2, 0) is 6.42 Å². The molecule has 74 valence electrons. The molecule has 0 heteroatoms. The van der Waals surface area contributed by atoms with Crippen LogP contribution < -0.4 is 0 Å².